The van der Waals surface area contributed by atoms with E-state index in [0.717, 1.165) is 23.5 Å². The van der Waals surface area contributed by atoms with Gasteiger partial charge in [0.25, 0.3) is 0 Å². The van der Waals surface area contributed by atoms with Crippen LogP contribution in [-0.2, 0) is 0 Å². The van der Waals surface area contributed by atoms with Crippen molar-refractivity contribution in [2.24, 2.45) is 0 Å². The number of thioether (sulfide) groups is 1. The highest BCUT2D eigenvalue weighted by atomic mass is 32.2. The molecule has 3 heteroatoms. The topological polar surface area (TPSA) is 29.5 Å². The van der Waals surface area contributed by atoms with Crippen LogP contribution in [0, 0.1) is 6.92 Å². The number of ether oxygens (including phenoxy) is 1. The summed E-state index contributed by atoms with van der Waals surface area (Å²) in [6.45, 7) is 2.05. The molecule has 0 bridgehead atoms. The van der Waals surface area contributed by atoms with Crippen molar-refractivity contribution in [3.8, 4) is 5.75 Å². The van der Waals surface area contributed by atoms with Crippen LogP contribution in [-0.4, -0.2) is 23.2 Å². The van der Waals surface area contributed by atoms with Crippen molar-refractivity contribution < 1.29 is 9.84 Å². The van der Waals surface area contributed by atoms with E-state index in [2.05, 4.69) is 0 Å². The van der Waals surface area contributed by atoms with Crippen LogP contribution in [0.1, 0.15) is 36.5 Å². The van der Waals surface area contributed by atoms with Crippen molar-refractivity contribution in [1.29, 1.82) is 0 Å². The molecule has 1 heterocycles. The molecule has 1 fully saturated rings. The molecule has 1 saturated heterocycles. The maximum atomic E-state index is 10.5. The third-order valence-corrected chi connectivity index (χ3v) is 4.72. The number of methoxy groups -OCH3 is 1. The predicted octanol–water partition coefficient (Wildman–Crippen LogP) is 3.32. The van der Waals surface area contributed by atoms with Crippen LogP contribution in [0.2, 0.25) is 0 Å². The fourth-order valence-corrected chi connectivity index (χ4v) is 3.64. The summed E-state index contributed by atoms with van der Waals surface area (Å²) in [5.41, 5.74) is 2.10. The lowest BCUT2D eigenvalue weighted by molar-refractivity contribution is 0.164. The summed E-state index contributed by atoms with van der Waals surface area (Å²) in [4.78, 5) is 0. The number of hydrogen-bond acceptors (Lipinski definition) is 3. The number of rotatable bonds is 3. The molecule has 1 aliphatic heterocycles. The molecule has 0 aliphatic carbocycles. The number of aliphatic hydroxyl groups is 1. The number of aliphatic hydroxyl groups excluding tert-OH is 1. The lowest BCUT2D eigenvalue weighted by Gasteiger charge is -2.27. The Kier molecular flexibility index (Phi) is 4.35. The zero-order valence-corrected chi connectivity index (χ0v) is 11.3. The quantitative estimate of drug-likeness (QED) is 0.895. The van der Waals surface area contributed by atoms with Gasteiger partial charge in [0.2, 0.25) is 0 Å². The van der Waals surface area contributed by atoms with Crippen LogP contribution in [0.3, 0.4) is 0 Å². The molecule has 1 aromatic carbocycles. The molecule has 0 radical (unpaired) electrons. The van der Waals surface area contributed by atoms with Crippen molar-refractivity contribution in [1.82, 2.24) is 0 Å². The maximum Gasteiger partial charge on any atom is 0.124 e. The minimum Gasteiger partial charge on any atom is -0.496 e. The van der Waals surface area contributed by atoms with E-state index in [1.807, 2.05) is 36.9 Å². The van der Waals surface area contributed by atoms with Gasteiger partial charge in [-0.1, -0.05) is 18.1 Å². The van der Waals surface area contributed by atoms with Crippen molar-refractivity contribution >= 4 is 11.8 Å². The summed E-state index contributed by atoms with van der Waals surface area (Å²) in [5, 5.41) is 10.8. The molecule has 0 amide bonds. The minimum atomic E-state index is -0.407. The molecular weight excluding hydrogens is 232 g/mol. The van der Waals surface area contributed by atoms with E-state index in [1.165, 1.54) is 18.4 Å². The first-order valence-corrected chi connectivity index (χ1v) is 7.21. The number of hydrogen-bond donors (Lipinski definition) is 1. The van der Waals surface area contributed by atoms with Crippen LogP contribution in [0.5, 0.6) is 5.75 Å². The van der Waals surface area contributed by atoms with E-state index in [0.29, 0.717) is 5.25 Å². The molecule has 2 unspecified atom stereocenters. The van der Waals surface area contributed by atoms with E-state index in [1.54, 1.807) is 7.11 Å². The van der Waals surface area contributed by atoms with Crippen molar-refractivity contribution in [2.45, 2.75) is 37.5 Å². The monoisotopic (exact) mass is 252 g/mol. The van der Waals surface area contributed by atoms with E-state index >= 15 is 0 Å². The van der Waals surface area contributed by atoms with Gasteiger partial charge < -0.3 is 9.84 Å². The molecule has 1 aliphatic rings. The van der Waals surface area contributed by atoms with Gasteiger partial charge in [0.05, 0.1) is 13.2 Å². The fourth-order valence-electron chi connectivity index (χ4n) is 2.30. The summed E-state index contributed by atoms with van der Waals surface area (Å²) in [6, 6.07) is 6.00. The van der Waals surface area contributed by atoms with E-state index in [4.69, 9.17) is 4.74 Å². The normalized spacial score (nSPS) is 22.2. The molecule has 2 atom stereocenters. The molecule has 1 aromatic rings. The summed E-state index contributed by atoms with van der Waals surface area (Å²) in [5.74, 6) is 1.96. The first kappa shape index (κ1) is 12.8. The SMILES string of the molecule is COc1ccc(C)cc1C(O)C1CCCCS1. The van der Waals surface area contributed by atoms with Crippen LogP contribution < -0.4 is 4.74 Å². The van der Waals surface area contributed by atoms with Gasteiger partial charge in [0, 0.05) is 10.8 Å². The van der Waals surface area contributed by atoms with Gasteiger partial charge in [-0.05, 0) is 37.7 Å². The Labute approximate surface area is 107 Å². The third kappa shape index (κ3) is 2.96. The van der Waals surface area contributed by atoms with Gasteiger partial charge in [-0.3, -0.25) is 0 Å². The first-order valence-electron chi connectivity index (χ1n) is 6.16. The second kappa shape index (κ2) is 5.78. The average Bonchev–Trinajstić information content (AvgIpc) is 2.39. The van der Waals surface area contributed by atoms with Crippen molar-refractivity contribution in [2.75, 3.05) is 12.9 Å². The smallest absolute Gasteiger partial charge is 0.124 e. The Bertz CT molecular complexity index is 372. The van der Waals surface area contributed by atoms with Crippen LogP contribution in [0.25, 0.3) is 0 Å². The summed E-state index contributed by atoms with van der Waals surface area (Å²) >= 11 is 1.89. The highest BCUT2D eigenvalue weighted by Gasteiger charge is 2.25. The highest BCUT2D eigenvalue weighted by molar-refractivity contribution is 7.99. The van der Waals surface area contributed by atoms with E-state index in [9.17, 15) is 5.11 Å². The molecule has 2 nitrogen and oxygen atoms in total. The zero-order valence-electron chi connectivity index (χ0n) is 10.5. The van der Waals surface area contributed by atoms with Gasteiger partial charge in [-0.15, -0.1) is 0 Å². The third-order valence-electron chi connectivity index (χ3n) is 3.27. The molecule has 94 valence electrons. The Morgan fingerprint density at radius 2 is 2.24 bits per heavy atom. The number of aryl methyl sites for hydroxylation is 1. The molecule has 1 N–H and O–H groups in total. The molecular formula is C14H20O2S. The van der Waals surface area contributed by atoms with Crippen molar-refractivity contribution in [3.63, 3.8) is 0 Å². The van der Waals surface area contributed by atoms with Crippen molar-refractivity contribution in [3.05, 3.63) is 29.3 Å². The van der Waals surface area contributed by atoms with E-state index in [-0.39, 0.29) is 0 Å². The van der Waals surface area contributed by atoms with Gasteiger partial charge in [0.1, 0.15) is 5.75 Å². The second-order valence-corrected chi connectivity index (χ2v) is 5.94. The lowest BCUT2D eigenvalue weighted by Crippen LogP contribution is -2.19. The summed E-state index contributed by atoms with van der Waals surface area (Å²) in [7, 11) is 1.66. The molecule has 0 saturated carbocycles. The number of benzene rings is 1. The largest absolute Gasteiger partial charge is 0.496 e. The van der Waals surface area contributed by atoms with Gasteiger partial charge >= 0.3 is 0 Å². The first-order chi connectivity index (χ1) is 8.22. The molecule has 17 heavy (non-hydrogen) atoms. The summed E-state index contributed by atoms with van der Waals surface area (Å²) < 4.78 is 5.34. The molecule has 2 rings (SSSR count). The van der Waals surface area contributed by atoms with Crippen LogP contribution in [0.4, 0.5) is 0 Å². The maximum absolute atomic E-state index is 10.5. The minimum absolute atomic E-state index is 0.319. The highest BCUT2D eigenvalue weighted by Crippen LogP contribution is 2.38. The Hall–Kier alpha value is -0.670. The average molecular weight is 252 g/mol. The van der Waals surface area contributed by atoms with Gasteiger partial charge in [-0.2, -0.15) is 11.8 Å². The Morgan fingerprint density at radius 1 is 1.41 bits per heavy atom. The molecule has 0 spiro atoms. The lowest BCUT2D eigenvalue weighted by atomic mass is 9.99. The zero-order chi connectivity index (χ0) is 12.3. The predicted molar refractivity (Wildman–Crippen MR) is 72.8 cm³/mol. The Morgan fingerprint density at radius 3 is 2.88 bits per heavy atom. The second-order valence-electron chi connectivity index (χ2n) is 4.60. The van der Waals surface area contributed by atoms with Gasteiger partial charge in [-0.25, -0.2) is 0 Å². The Balaban J connectivity index is 2.21. The van der Waals surface area contributed by atoms with Crippen LogP contribution >= 0.6 is 11.8 Å². The summed E-state index contributed by atoms with van der Waals surface area (Å²) in [6.07, 6.45) is 3.19. The van der Waals surface area contributed by atoms with E-state index < -0.39 is 6.10 Å². The fraction of sp³-hybridized carbons (Fsp3) is 0.571. The van der Waals surface area contributed by atoms with Crippen LogP contribution in [0.15, 0.2) is 18.2 Å². The standard InChI is InChI=1S/C14H20O2S/c1-10-6-7-12(16-2)11(9-10)14(15)13-5-3-4-8-17-13/h6-7,9,13-15H,3-5,8H2,1-2H3. The van der Waals surface area contributed by atoms with Gasteiger partial charge in [0.15, 0.2) is 0 Å². The molecule has 0 aromatic heterocycles.